The van der Waals surface area contributed by atoms with Crippen molar-refractivity contribution in [3.8, 4) is 0 Å². The molecule has 0 fully saturated rings. The molecule has 0 saturated heterocycles. The van der Waals surface area contributed by atoms with E-state index < -0.39 is 0 Å². The molecule has 0 spiro atoms. The summed E-state index contributed by atoms with van der Waals surface area (Å²) in [6.07, 6.45) is 9.99. The monoisotopic (exact) mass is 148 g/mol. The minimum Gasteiger partial charge on any atom is -0.0810 e. The van der Waals surface area contributed by atoms with E-state index in [9.17, 15) is 0 Å². The van der Waals surface area contributed by atoms with Gasteiger partial charge in [-0.1, -0.05) is 42.4 Å². The third-order valence-electron chi connectivity index (χ3n) is 2.29. The van der Waals surface area contributed by atoms with E-state index in [-0.39, 0.29) is 0 Å². The predicted molar refractivity (Wildman–Crippen MR) is 50.4 cm³/mol. The minimum absolute atomic E-state index is 0.704. The molecule has 0 bridgehead atoms. The third kappa shape index (κ3) is 2.38. The minimum atomic E-state index is 0.704. The molecule has 1 aliphatic rings. The highest BCUT2D eigenvalue weighted by Gasteiger charge is 2.02. The summed E-state index contributed by atoms with van der Waals surface area (Å²) in [5.74, 6) is 0.704. The predicted octanol–water partition coefficient (Wildman–Crippen LogP) is 3.48. The number of allylic oxidation sites excluding steroid dienone is 6. The van der Waals surface area contributed by atoms with Gasteiger partial charge in [0.2, 0.25) is 0 Å². The van der Waals surface area contributed by atoms with Crippen molar-refractivity contribution in [1.29, 1.82) is 0 Å². The highest BCUT2D eigenvalue weighted by atomic mass is 14.1. The van der Waals surface area contributed by atoms with Crippen LogP contribution in [-0.4, -0.2) is 0 Å². The Labute approximate surface area is 69.3 Å². The van der Waals surface area contributed by atoms with Gasteiger partial charge in [0, 0.05) is 0 Å². The first-order chi connectivity index (χ1) is 5.20. The Morgan fingerprint density at radius 2 is 2.09 bits per heavy atom. The van der Waals surface area contributed by atoms with Gasteiger partial charge in [-0.05, 0) is 26.2 Å². The van der Waals surface area contributed by atoms with E-state index in [0.29, 0.717) is 5.92 Å². The Balaban J connectivity index is 2.81. The Bertz CT molecular complexity index is 216. The Kier molecular flexibility index (Phi) is 2.70. The molecule has 0 heteroatoms. The molecule has 0 nitrogen and oxygen atoms in total. The van der Waals surface area contributed by atoms with Crippen molar-refractivity contribution in [3.05, 3.63) is 35.5 Å². The Morgan fingerprint density at radius 1 is 1.36 bits per heavy atom. The van der Waals surface area contributed by atoms with Crippen LogP contribution in [0.3, 0.4) is 0 Å². The summed E-state index contributed by atoms with van der Waals surface area (Å²) >= 11 is 0. The largest absolute Gasteiger partial charge is 0.0810 e. The van der Waals surface area contributed by atoms with Crippen LogP contribution in [0.4, 0.5) is 0 Å². The van der Waals surface area contributed by atoms with Gasteiger partial charge in [-0.3, -0.25) is 0 Å². The first kappa shape index (κ1) is 8.32. The topological polar surface area (TPSA) is 0 Å². The number of hydrogen-bond acceptors (Lipinski definition) is 0. The van der Waals surface area contributed by atoms with Gasteiger partial charge in [-0.2, -0.15) is 0 Å². The van der Waals surface area contributed by atoms with Crippen LogP contribution in [0.5, 0.6) is 0 Å². The van der Waals surface area contributed by atoms with Crippen LogP contribution in [0.15, 0.2) is 35.5 Å². The molecule has 1 atom stereocenters. The second-order valence-corrected chi connectivity index (χ2v) is 3.35. The quantitative estimate of drug-likeness (QED) is 0.493. The van der Waals surface area contributed by atoms with Gasteiger partial charge in [0.05, 0.1) is 0 Å². The summed E-state index contributed by atoms with van der Waals surface area (Å²) in [6.45, 7) is 6.62. The van der Waals surface area contributed by atoms with E-state index in [0.717, 1.165) is 0 Å². The smallest absolute Gasteiger partial charge is 0.0197 e. The standard InChI is InChI=1S/C11H16/c1-9-5-4-6-10(2)11(3)8-7-9/h4-7,11H,8H2,1-3H3/b5-4-,9-7?,10-6-. The molecule has 0 aromatic rings. The van der Waals surface area contributed by atoms with Crippen molar-refractivity contribution in [1.82, 2.24) is 0 Å². The van der Waals surface area contributed by atoms with Gasteiger partial charge >= 0.3 is 0 Å². The lowest BCUT2D eigenvalue weighted by Gasteiger charge is -2.10. The van der Waals surface area contributed by atoms with Crippen molar-refractivity contribution < 1.29 is 0 Å². The van der Waals surface area contributed by atoms with Gasteiger partial charge in [0.25, 0.3) is 0 Å². The van der Waals surface area contributed by atoms with Crippen LogP contribution in [-0.2, 0) is 0 Å². The molecule has 0 aromatic heterocycles. The summed E-state index contributed by atoms with van der Waals surface area (Å²) < 4.78 is 0. The van der Waals surface area contributed by atoms with Crippen LogP contribution in [0.25, 0.3) is 0 Å². The average Bonchev–Trinajstić information content (AvgIpc) is 1.98. The Hall–Kier alpha value is -0.780. The van der Waals surface area contributed by atoms with Crippen LogP contribution < -0.4 is 0 Å². The molecular formula is C11H16. The van der Waals surface area contributed by atoms with Crippen LogP contribution >= 0.6 is 0 Å². The summed E-state index contributed by atoms with van der Waals surface area (Å²) in [6, 6.07) is 0. The summed E-state index contributed by atoms with van der Waals surface area (Å²) in [5, 5.41) is 0. The van der Waals surface area contributed by atoms with E-state index >= 15 is 0 Å². The van der Waals surface area contributed by atoms with Crippen molar-refractivity contribution in [2.24, 2.45) is 5.92 Å². The van der Waals surface area contributed by atoms with E-state index in [1.54, 1.807) is 0 Å². The molecule has 1 rings (SSSR count). The molecule has 0 aliphatic heterocycles. The normalized spacial score (nSPS) is 32.8. The van der Waals surface area contributed by atoms with Crippen molar-refractivity contribution in [2.75, 3.05) is 0 Å². The fourth-order valence-electron chi connectivity index (χ4n) is 1.13. The second kappa shape index (κ2) is 3.56. The zero-order valence-corrected chi connectivity index (χ0v) is 7.59. The summed E-state index contributed by atoms with van der Waals surface area (Å²) in [4.78, 5) is 0. The lowest BCUT2D eigenvalue weighted by Crippen LogP contribution is -1.95. The third-order valence-corrected chi connectivity index (χ3v) is 2.29. The molecule has 11 heavy (non-hydrogen) atoms. The fraction of sp³-hybridized carbons (Fsp3) is 0.455. The summed E-state index contributed by atoms with van der Waals surface area (Å²) in [7, 11) is 0. The second-order valence-electron chi connectivity index (χ2n) is 3.35. The molecule has 1 unspecified atom stereocenters. The van der Waals surface area contributed by atoms with Crippen LogP contribution in [0.1, 0.15) is 27.2 Å². The molecule has 0 N–H and O–H groups in total. The van der Waals surface area contributed by atoms with Gasteiger partial charge in [0.15, 0.2) is 0 Å². The van der Waals surface area contributed by atoms with Gasteiger partial charge < -0.3 is 0 Å². The molecule has 0 amide bonds. The molecule has 0 saturated carbocycles. The highest BCUT2D eigenvalue weighted by molar-refractivity contribution is 5.25. The van der Waals surface area contributed by atoms with Gasteiger partial charge in [-0.15, -0.1) is 0 Å². The van der Waals surface area contributed by atoms with E-state index in [2.05, 4.69) is 45.1 Å². The Morgan fingerprint density at radius 3 is 2.82 bits per heavy atom. The van der Waals surface area contributed by atoms with Gasteiger partial charge in [0.1, 0.15) is 0 Å². The lowest BCUT2D eigenvalue weighted by atomic mass is 9.96. The molecule has 0 radical (unpaired) electrons. The fourth-order valence-corrected chi connectivity index (χ4v) is 1.13. The van der Waals surface area contributed by atoms with Crippen LogP contribution in [0, 0.1) is 5.92 Å². The maximum Gasteiger partial charge on any atom is -0.0197 e. The zero-order chi connectivity index (χ0) is 8.27. The molecule has 1 aliphatic carbocycles. The molecule has 0 aromatic carbocycles. The molecule has 60 valence electrons. The van der Waals surface area contributed by atoms with E-state index in [1.807, 2.05) is 0 Å². The van der Waals surface area contributed by atoms with E-state index in [4.69, 9.17) is 0 Å². The van der Waals surface area contributed by atoms with Crippen molar-refractivity contribution >= 4 is 0 Å². The first-order valence-electron chi connectivity index (χ1n) is 4.22. The lowest BCUT2D eigenvalue weighted by molar-refractivity contribution is 0.692. The van der Waals surface area contributed by atoms with Crippen LogP contribution in [0.2, 0.25) is 0 Å². The van der Waals surface area contributed by atoms with Crippen molar-refractivity contribution in [3.63, 3.8) is 0 Å². The average molecular weight is 148 g/mol. The number of hydrogen-bond donors (Lipinski definition) is 0. The van der Waals surface area contributed by atoms with Crippen molar-refractivity contribution in [2.45, 2.75) is 27.2 Å². The molecule has 0 heterocycles. The highest BCUT2D eigenvalue weighted by Crippen LogP contribution is 2.17. The SMILES string of the molecule is CC1=CCC(C)/C(C)=C\C=C/1. The maximum atomic E-state index is 2.30. The maximum absolute atomic E-state index is 2.30. The molecular weight excluding hydrogens is 132 g/mol. The van der Waals surface area contributed by atoms with Gasteiger partial charge in [-0.25, -0.2) is 0 Å². The first-order valence-corrected chi connectivity index (χ1v) is 4.22. The number of rotatable bonds is 0. The summed E-state index contributed by atoms with van der Waals surface area (Å²) in [5.41, 5.74) is 2.85. The zero-order valence-electron chi connectivity index (χ0n) is 7.59. The van der Waals surface area contributed by atoms with E-state index in [1.165, 1.54) is 17.6 Å².